The first kappa shape index (κ1) is 8.06. The normalized spacial score (nSPS) is 36.3. The fourth-order valence-corrected chi connectivity index (χ4v) is 1.63. The second kappa shape index (κ2) is 2.91. The Balaban J connectivity index is 2.54. The van der Waals surface area contributed by atoms with E-state index in [0.717, 1.165) is 0 Å². The Kier molecular flexibility index (Phi) is 2.35. The monoisotopic (exact) mass is 141 g/mol. The molecule has 1 radical (unpaired) electrons. The van der Waals surface area contributed by atoms with E-state index in [1.807, 2.05) is 0 Å². The van der Waals surface area contributed by atoms with Crippen molar-refractivity contribution in [2.45, 2.75) is 39.5 Å². The minimum atomic E-state index is 0.151. The zero-order valence-corrected chi connectivity index (χ0v) is 6.98. The zero-order chi connectivity index (χ0) is 7.61. The van der Waals surface area contributed by atoms with E-state index in [-0.39, 0.29) is 5.41 Å². The van der Waals surface area contributed by atoms with Crippen molar-refractivity contribution in [1.29, 1.82) is 0 Å². The van der Waals surface area contributed by atoms with Crippen LogP contribution in [0.5, 0.6) is 0 Å². The van der Waals surface area contributed by atoms with Crippen LogP contribution < -0.4 is 0 Å². The average Bonchev–Trinajstić information content (AvgIpc) is 1.96. The highest BCUT2D eigenvalue weighted by atomic mass is 16.3. The van der Waals surface area contributed by atoms with Gasteiger partial charge in [0.15, 0.2) is 0 Å². The molecule has 0 aromatic carbocycles. The third-order valence-electron chi connectivity index (χ3n) is 2.91. The van der Waals surface area contributed by atoms with Crippen molar-refractivity contribution in [2.75, 3.05) is 6.61 Å². The van der Waals surface area contributed by atoms with E-state index in [1.165, 1.54) is 31.6 Å². The molecule has 0 spiro atoms. The fraction of sp³-hybridized carbons (Fsp3) is 0.889. The molecule has 0 aliphatic heterocycles. The summed E-state index contributed by atoms with van der Waals surface area (Å²) >= 11 is 0. The molecule has 0 bridgehead atoms. The van der Waals surface area contributed by atoms with Crippen LogP contribution in [0.3, 0.4) is 0 Å². The zero-order valence-electron chi connectivity index (χ0n) is 6.98. The lowest BCUT2D eigenvalue weighted by molar-refractivity contribution is 0.122. The molecule has 1 N–H and O–H groups in total. The van der Waals surface area contributed by atoms with Crippen molar-refractivity contribution in [3.05, 3.63) is 5.92 Å². The Bertz CT molecular complexity index is 111. The van der Waals surface area contributed by atoms with Crippen LogP contribution in [0, 0.1) is 11.3 Å². The van der Waals surface area contributed by atoms with Gasteiger partial charge in [-0.15, -0.1) is 0 Å². The Morgan fingerprint density at radius 1 is 1.50 bits per heavy atom. The van der Waals surface area contributed by atoms with Gasteiger partial charge in [-0.25, -0.2) is 0 Å². The summed E-state index contributed by atoms with van der Waals surface area (Å²) in [5, 5.41) is 9.10. The van der Waals surface area contributed by atoms with Crippen LogP contribution in [0.4, 0.5) is 0 Å². The molecule has 1 aliphatic rings. The van der Waals surface area contributed by atoms with Crippen molar-refractivity contribution < 1.29 is 5.11 Å². The van der Waals surface area contributed by atoms with Crippen molar-refractivity contribution in [3.8, 4) is 0 Å². The predicted octanol–water partition coefficient (Wildman–Crippen LogP) is 2.15. The quantitative estimate of drug-likeness (QED) is 0.593. The second-order valence-corrected chi connectivity index (χ2v) is 3.71. The average molecular weight is 141 g/mol. The van der Waals surface area contributed by atoms with Gasteiger partial charge in [-0.3, -0.25) is 0 Å². The maximum absolute atomic E-state index is 9.10. The summed E-state index contributed by atoms with van der Waals surface area (Å²) in [5.74, 6) is 1.49. The number of hydrogen-bond donors (Lipinski definition) is 1. The lowest BCUT2D eigenvalue weighted by Crippen LogP contribution is -2.30. The summed E-state index contributed by atoms with van der Waals surface area (Å²) in [7, 11) is 0. The first-order chi connectivity index (χ1) is 4.69. The van der Waals surface area contributed by atoms with E-state index in [0.29, 0.717) is 6.61 Å². The van der Waals surface area contributed by atoms with Gasteiger partial charge in [0.1, 0.15) is 0 Å². The van der Waals surface area contributed by atoms with E-state index in [1.54, 1.807) is 0 Å². The topological polar surface area (TPSA) is 20.2 Å². The standard InChI is InChI=1S/C9H17O/c1-8-5-3-4-6-9(8,2)7-10/h10H,3-7H2,1-2H3. The van der Waals surface area contributed by atoms with E-state index >= 15 is 0 Å². The summed E-state index contributed by atoms with van der Waals surface area (Å²) in [5.41, 5.74) is 0.151. The Labute approximate surface area is 63.4 Å². The molecule has 0 amide bonds. The third-order valence-corrected chi connectivity index (χ3v) is 2.91. The third kappa shape index (κ3) is 1.34. The van der Waals surface area contributed by atoms with Crippen molar-refractivity contribution in [2.24, 2.45) is 5.41 Å². The molecule has 1 unspecified atom stereocenters. The highest BCUT2D eigenvalue weighted by Crippen LogP contribution is 2.41. The van der Waals surface area contributed by atoms with Crippen LogP contribution in [0.15, 0.2) is 0 Å². The maximum atomic E-state index is 9.10. The first-order valence-corrected chi connectivity index (χ1v) is 4.13. The smallest absolute Gasteiger partial charge is 0.0490 e. The van der Waals surface area contributed by atoms with Crippen LogP contribution in [0.2, 0.25) is 0 Å². The maximum Gasteiger partial charge on any atom is 0.0490 e. The van der Waals surface area contributed by atoms with Crippen LogP contribution in [0.1, 0.15) is 39.5 Å². The predicted molar refractivity (Wildman–Crippen MR) is 42.6 cm³/mol. The minimum Gasteiger partial charge on any atom is -0.396 e. The van der Waals surface area contributed by atoms with E-state index in [9.17, 15) is 0 Å². The van der Waals surface area contributed by atoms with Crippen molar-refractivity contribution in [1.82, 2.24) is 0 Å². The first-order valence-electron chi connectivity index (χ1n) is 4.13. The minimum absolute atomic E-state index is 0.151. The highest BCUT2D eigenvalue weighted by molar-refractivity contribution is 5.03. The molecule has 0 aromatic rings. The van der Waals surface area contributed by atoms with Gasteiger partial charge in [0.2, 0.25) is 0 Å². The number of aliphatic hydroxyl groups is 1. The van der Waals surface area contributed by atoms with Gasteiger partial charge in [-0.1, -0.05) is 26.7 Å². The molecule has 59 valence electrons. The Morgan fingerprint density at radius 2 is 2.20 bits per heavy atom. The molecule has 1 saturated carbocycles. The van der Waals surface area contributed by atoms with Crippen molar-refractivity contribution >= 4 is 0 Å². The molecular weight excluding hydrogens is 124 g/mol. The van der Waals surface area contributed by atoms with E-state index in [2.05, 4.69) is 13.8 Å². The molecule has 1 atom stereocenters. The number of rotatable bonds is 1. The van der Waals surface area contributed by atoms with Gasteiger partial charge in [0.05, 0.1) is 0 Å². The second-order valence-electron chi connectivity index (χ2n) is 3.71. The van der Waals surface area contributed by atoms with Gasteiger partial charge in [-0.2, -0.15) is 0 Å². The van der Waals surface area contributed by atoms with E-state index < -0.39 is 0 Å². The molecule has 1 rings (SSSR count). The van der Waals surface area contributed by atoms with Crippen LogP contribution in [-0.4, -0.2) is 11.7 Å². The summed E-state index contributed by atoms with van der Waals surface area (Å²) < 4.78 is 0. The summed E-state index contributed by atoms with van der Waals surface area (Å²) in [4.78, 5) is 0. The molecule has 0 aromatic heterocycles. The lowest BCUT2D eigenvalue weighted by Gasteiger charge is -2.37. The van der Waals surface area contributed by atoms with Crippen LogP contribution in [-0.2, 0) is 0 Å². The highest BCUT2D eigenvalue weighted by Gasteiger charge is 2.32. The largest absolute Gasteiger partial charge is 0.396 e. The fourth-order valence-electron chi connectivity index (χ4n) is 1.63. The number of aliphatic hydroxyl groups excluding tert-OH is 1. The van der Waals surface area contributed by atoms with Gasteiger partial charge < -0.3 is 5.11 Å². The molecule has 1 fully saturated rings. The van der Waals surface area contributed by atoms with E-state index in [4.69, 9.17) is 5.11 Å². The molecule has 10 heavy (non-hydrogen) atoms. The van der Waals surface area contributed by atoms with Crippen molar-refractivity contribution in [3.63, 3.8) is 0 Å². The Morgan fingerprint density at radius 3 is 2.60 bits per heavy atom. The molecule has 1 aliphatic carbocycles. The Hall–Kier alpha value is -0.0400. The molecule has 0 saturated heterocycles. The summed E-state index contributed by atoms with van der Waals surface area (Å²) in [6.45, 7) is 4.68. The van der Waals surface area contributed by atoms with Gasteiger partial charge >= 0.3 is 0 Å². The number of hydrogen-bond acceptors (Lipinski definition) is 1. The van der Waals surface area contributed by atoms with Gasteiger partial charge in [0.25, 0.3) is 0 Å². The van der Waals surface area contributed by atoms with Crippen LogP contribution >= 0.6 is 0 Å². The molecule has 0 heterocycles. The van der Waals surface area contributed by atoms with Gasteiger partial charge in [0, 0.05) is 6.61 Å². The molecular formula is C9H17O. The SMILES string of the molecule is C[C]1CCCCC1(C)CO. The van der Waals surface area contributed by atoms with Crippen LogP contribution in [0.25, 0.3) is 0 Å². The summed E-state index contributed by atoms with van der Waals surface area (Å²) in [6.07, 6.45) is 5.00. The lowest BCUT2D eigenvalue weighted by atomic mass is 9.69. The van der Waals surface area contributed by atoms with Gasteiger partial charge in [-0.05, 0) is 24.2 Å². The molecule has 1 heteroatoms. The summed E-state index contributed by atoms with van der Waals surface area (Å²) in [6, 6.07) is 0. The molecule has 1 nitrogen and oxygen atoms in total.